The maximum atomic E-state index is 11.7. The Labute approximate surface area is 118 Å². The highest BCUT2D eigenvalue weighted by atomic mass is 35.5. The van der Waals surface area contributed by atoms with Gasteiger partial charge in [-0.2, -0.15) is 0 Å². The van der Waals surface area contributed by atoms with Crippen LogP contribution in [0.2, 0.25) is 10.0 Å². The molecule has 2 aromatic rings. The monoisotopic (exact) mass is 300 g/mol. The minimum Gasteiger partial charge on any atom is -0.439 e. The molecule has 19 heavy (non-hydrogen) atoms. The largest absolute Gasteiger partial charge is 0.439 e. The van der Waals surface area contributed by atoms with E-state index in [1.807, 2.05) is 0 Å². The van der Waals surface area contributed by atoms with Crippen molar-refractivity contribution in [1.82, 2.24) is 9.13 Å². The summed E-state index contributed by atoms with van der Waals surface area (Å²) in [6.45, 7) is 0. The van der Waals surface area contributed by atoms with Gasteiger partial charge in [-0.3, -0.25) is 13.9 Å². The van der Waals surface area contributed by atoms with Crippen LogP contribution in [0.1, 0.15) is 0 Å². The zero-order valence-corrected chi connectivity index (χ0v) is 11.7. The predicted molar refractivity (Wildman–Crippen MR) is 73.5 cm³/mol. The number of rotatable bonds is 2. The van der Waals surface area contributed by atoms with Crippen LogP contribution in [0.25, 0.3) is 0 Å². The van der Waals surface area contributed by atoms with Gasteiger partial charge < -0.3 is 4.74 Å². The summed E-state index contributed by atoms with van der Waals surface area (Å²) in [5, 5.41) is 0.760. The molecular formula is C12H10Cl2N2O3. The lowest BCUT2D eigenvalue weighted by Crippen LogP contribution is -2.36. The molecule has 0 radical (unpaired) electrons. The van der Waals surface area contributed by atoms with Crippen molar-refractivity contribution < 1.29 is 4.74 Å². The van der Waals surface area contributed by atoms with Gasteiger partial charge in [0.2, 0.25) is 5.88 Å². The lowest BCUT2D eigenvalue weighted by atomic mass is 10.3. The molecule has 5 nitrogen and oxygen atoms in total. The molecule has 0 fully saturated rings. The van der Waals surface area contributed by atoms with Crippen LogP contribution in [0.15, 0.2) is 33.9 Å². The SMILES string of the molecule is Cn1c(Oc2ccc(Cl)cc2Cl)cc(=O)n(C)c1=O. The van der Waals surface area contributed by atoms with E-state index in [9.17, 15) is 9.59 Å². The highest BCUT2D eigenvalue weighted by Gasteiger charge is 2.10. The van der Waals surface area contributed by atoms with Crippen LogP contribution in [0.3, 0.4) is 0 Å². The van der Waals surface area contributed by atoms with Crippen molar-refractivity contribution in [1.29, 1.82) is 0 Å². The zero-order chi connectivity index (χ0) is 14.2. The molecule has 0 spiro atoms. The summed E-state index contributed by atoms with van der Waals surface area (Å²) >= 11 is 11.7. The zero-order valence-electron chi connectivity index (χ0n) is 10.2. The summed E-state index contributed by atoms with van der Waals surface area (Å²) in [6.07, 6.45) is 0. The second kappa shape index (κ2) is 5.11. The van der Waals surface area contributed by atoms with Crippen molar-refractivity contribution in [2.75, 3.05) is 0 Å². The quantitative estimate of drug-likeness (QED) is 0.854. The molecule has 1 aromatic carbocycles. The van der Waals surface area contributed by atoms with Gasteiger partial charge in [-0.1, -0.05) is 23.2 Å². The number of halogens is 2. The molecule has 0 saturated carbocycles. The van der Waals surface area contributed by atoms with Crippen LogP contribution < -0.4 is 16.0 Å². The van der Waals surface area contributed by atoms with E-state index >= 15 is 0 Å². The van der Waals surface area contributed by atoms with Crippen LogP contribution in [-0.2, 0) is 14.1 Å². The van der Waals surface area contributed by atoms with E-state index in [0.717, 1.165) is 4.57 Å². The minimum absolute atomic E-state index is 0.109. The van der Waals surface area contributed by atoms with E-state index in [1.165, 1.54) is 30.8 Å². The van der Waals surface area contributed by atoms with Crippen LogP contribution in [-0.4, -0.2) is 9.13 Å². The summed E-state index contributed by atoms with van der Waals surface area (Å²) in [5.74, 6) is 0.423. The smallest absolute Gasteiger partial charge is 0.333 e. The van der Waals surface area contributed by atoms with Gasteiger partial charge in [-0.15, -0.1) is 0 Å². The predicted octanol–water partition coefficient (Wildman–Crippen LogP) is 2.18. The van der Waals surface area contributed by atoms with Crippen molar-refractivity contribution >= 4 is 23.2 Å². The Bertz CT molecular complexity index is 750. The lowest BCUT2D eigenvalue weighted by Gasteiger charge is -2.11. The Hall–Kier alpha value is -1.72. The molecule has 7 heteroatoms. The van der Waals surface area contributed by atoms with Gasteiger partial charge in [0, 0.05) is 19.1 Å². The highest BCUT2D eigenvalue weighted by molar-refractivity contribution is 6.35. The van der Waals surface area contributed by atoms with Gasteiger partial charge in [0.05, 0.1) is 11.1 Å². The number of aromatic nitrogens is 2. The molecule has 0 aliphatic carbocycles. The molecule has 100 valence electrons. The number of hydrogen-bond acceptors (Lipinski definition) is 3. The van der Waals surface area contributed by atoms with Gasteiger partial charge in [0.15, 0.2) is 0 Å². The number of hydrogen-bond donors (Lipinski definition) is 0. The molecule has 0 saturated heterocycles. The second-order valence-corrected chi connectivity index (χ2v) is 4.74. The highest BCUT2D eigenvalue weighted by Crippen LogP contribution is 2.30. The summed E-state index contributed by atoms with van der Waals surface area (Å²) in [7, 11) is 2.89. The maximum Gasteiger partial charge on any atom is 0.333 e. The normalized spacial score (nSPS) is 10.5. The van der Waals surface area contributed by atoms with Crippen LogP contribution in [0, 0.1) is 0 Å². The lowest BCUT2D eigenvalue weighted by molar-refractivity contribution is 0.423. The molecular weight excluding hydrogens is 291 g/mol. The van der Waals surface area contributed by atoms with E-state index in [2.05, 4.69) is 0 Å². The van der Waals surface area contributed by atoms with E-state index in [-0.39, 0.29) is 5.88 Å². The molecule has 0 N–H and O–H groups in total. The number of ether oxygens (including phenoxy) is 1. The molecule has 0 bridgehead atoms. The molecule has 0 atom stereocenters. The van der Waals surface area contributed by atoms with Crippen LogP contribution in [0.5, 0.6) is 11.6 Å². The third-order valence-corrected chi connectivity index (χ3v) is 3.12. The molecule has 2 rings (SSSR count). The van der Waals surface area contributed by atoms with E-state index in [0.29, 0.717) is 15.8 Å². The first-order valence-electron chi connectivity index (χ1n) is 5.30. The summed E-state index contributed by atoms with van der Waals surface area (Å²) in [6, 6.07) is 5.89. The summed E-state index contributed by atoms with van der Waals surface area (Å²) in [4.78, 5) is 23.3. The van der Waals surface area contributed by atoms with Gasteiger partial charge in [-0.25, -0.2) is 4.79 Å². The topological polar surface area (TPSA) is 53.2 Å². The van der Waals surface area contributed by atoms with Crippen molar-refractivity contribution in [3.05, 3.63) is 55.1 Å². The standard InChI is InChI=1S/C12H10Cl2N2O3/c1-15-10(17)6-11(16(2)12(15)18)19-9-4-3-7(13)5-8(9)14/h3-6H,1-2H3. The second-order valence-electron chi connectivity index (χ2n) is 3.90. The first-order valence-corrected chi connectivity index (χ1v) is 6.05. The van der Waals surface area contributed by atoms with Gasteiger partial charge >= 0.3 is 5.69 Å². The average Bonchev–Trinajstić information content (AvgIpc) is 2.36. The first kappa shape index (κ1) is 13.7. The van der Waals surface area contributed by atoms with E-state index in [4.69, 9.17) is 27.9 Å². The fourth-order valence-electron chi connectivity index (χ4n) is 1.48. The summed E-state index contributed by atoms with van der Waals surface area (Å²) in [5.41, 5.74) is -0.934. The van der Waals surface area contributed by atoms with Gasteiger partial charge in [0.25, 0.3) is 5.56 Å². The Kier molecular flexibility index (Phi) is 3.68. The van der Waals surface area contributed by atoms with Gasteiger partial charge in [-0.05, 0) is 18.2 Å². The molecule has 0 aliphatic heterocycles. The molecule has 0 aliphatic rings. The van der Waals surface area contributed by atoms with Crippen LogP contribution in [0.4, 0.5) is 0 Å². The Balaban J connectivity index is 2.50. The summed E-state index contributed by atoms with van der Waals surface area (Å²) < 4.78 is 7.67. The molecule has 0 unspecified atom stereocenters. The van der Waals surface area contributed by atoms with Crippen molar-refractivity contribution in [3.63, 3.8) is 0 Å². The molecule has 1 heterocycles. The van der Waals surface area contributed by atoms with Crippen molar-refractivity contribution in [2.24, 2.45) is 14.1 Å². The number of nitrogens with zero attached hydrogens (tertiary/aromatic N) is 2. The minimum atomic E-state index is -0.479. The Morgan fingerprint density at radius 1 is 1.05 bits per heavy atom. The van der Waals surface area contributed by atoms with E-state index < -0.39 is 11.2 Å². The van der Waals surface area contributed by atoms with Crippen molar-refractivity contribution in [2.45, 2.75) is 0 Å². The Morgan fingerprint density at radius 3 is 2.37 bits per heavy atom. The average molecular weight is 301 g/mol. The molecule has 0 amide bonds. The fourth-order valence-corrected chi connectivity index (χ4v) is 1.93. The third kappa shape index (κ3) is 2.67. The fraction of sp³-hybridized carbons (Fsp3) is 0.167. The third-order valence-electron chi connectivity index (χ3n) is 2.59. The van der Waals surface area contributed by atoms with Gasteiger partial charge in [0.1, 0.15) is 5.75 Å². The first-order chi connectivity index (χ1) is 8.90. The van der Waals surface area contributed by atoms with Crippen LogP contribution >= 0.6 is 23.2 Å². The van der Waals surface area contributed by atoms with E-state index in [1.54, 1.807) is 12.1 Å². The van der Waals surface area contributed by atoms with Crippen molar-refractivity contribution in [3.8, 4) is 11.6 Å². The number of benzene rings is 1. The maximum absolute atomic E-state index is 11.7. The molecule has 1 aromatic heterocycles. The Morgan fingerprint density at radius 2 is 1.74 bits per heavy atom.